The fourth-order valence-electron chi connectivity index (χ4n) is 5.53. The van der Waals surface area contributed by atoms with E-state index in [1.54, 1.807) is 20.9 Å². The Labute approximate surface area is 221 Å². The highest BCUT2D eigenvalue weighted by atomic mass is 16.2. The molecule has 1 fully saturated rings. The summed E-state index contributed by atoms with van der Waals surface area (Å²) in [7, 11) is 1.65. The van der Waals surface area contributed by atoms with Crippen molar-refractivity contribution in [3.8, 4) is 0 Å². The monoisotopic (exact) mass is 514 g/mol. The van der Waals surface area contributed by atoms with E-state index in [1.807, 2.05) is 60.8 Å². The topological polar surface area (TPSA) is 133 Å². The second-order valence-corrected chi connectivity index (χ2v) is 11.0. The number of nitrogens with two attached hydrogens (primary N) is 1. The Kier molecular flexibility index (Phi) is 6.66. The molecule has 1 aromatic heterocycles. The number of carbonyl (C=O) groups is 3. The predicted octanol–water partition coefficient (Wildman–Crippen LogP) is 1.92. The normalized spacial score (nSPS) is 22.2. The molecule has 2 aromatic carbocycles. The molecule has 198 valence electrons. The van der Waals surface area contributed by atoms with E-state index in [4.69, 9.17) is 5.73 Å². The quantitative estimate of drug-likeness (QED) is 0.365. The lowest BCUT2D eigenvalue weighted by atomic mass is 9.69. The summed E-state index contributed by atoms with van der Waals surface area (Å²) < 4.78 is 0. The predicted molar refractivity (Wildman–Crippen MR) is 146 cm³/mol. The number of fused-ring (bicyclic) bond motifs is 2. The van der Waals surface area contributed by atoms with E-state index >= 15 is 0 Å². The highest BCUT2D eigenvalue weighted by Gasteiger charge is 2.54. The number of aromatic nitrogens is 1. The molecule has 9 nitrogen and oxygen atoms in total. The van der Waals surface area contributed by atoms with Crippen LogP contribution in [0, 0.1) is 5.41 Å². The van der Waals surface area contributed by atoms with Crippen LogP contribution in [0.4, 0.5) is 0 Å². The Balaban J connectivity index is 1.45. The van der Waals surface area contributed by atoms with Crippen LogP contribution in [0.25, 0.3) is 10.9 Å². The van der Waals surface area contributed by atoms with Gasteiger partial charge in [0.15, 0.2) is 5.78 Å². The van der Waals surface area contributed by atoms with Crippen molar-refractivity contribution in [1.82, 2.24) is 20.6 Å². The van der Waals surface area contributed by atoms with Gasteiger partial charge in [-0.15, -0.1) is 0 Å². The highest BCUT2D eigenvalue weighted by Crippen LogP contribution is 2.39. The van der Waals surface area contributed by atoms with E-state index in [0.29, 0.717) is 19.4 Å². The van der Waals surface area contributed by atoms with Gasteiger partial charge in [-0.3, -0.25) is 14.4 Å². The summed E-state index contributed by atoms with van der Waals surface area (Å²) in [6, 6.07) is 16.2. The molecule has 0 saturated carbocycles. The molecule has 2 aliphatic rings. The summed E-state index contributed by atoms with van der Waals surface area (Å²) in [6.45, 7) is 3.54. The van der Waals surface area contributed by atoms with Crippen molar-refractivity contribution in [1.29, 1.82) is 0 Å². The van der Waals surface area contributed by atoms with Gasteiger partial charge < -0.3 is 21.4 Å². The number of ketones is 1. The van der Waals surface area contributed by atoms with Crippen molar-refractivity contribution in [2.45, 2.75) is 50.7 Å². The minimum absolute atomic E-state index is 0.115. The Hall–Kier alpha value is -3.82. The number of hydrazone groups is 1. The van der Waals surface area contributed by atoms with Crippen LogP contribution < -0.4 is 16.4 Å². The number of Topliss-reactive ketones (excluding diaryl/α,β-unsaturated/α-hetero) is 1. The maximum absolute atomic E-state index is 14.1. The van der Waals surface area contributed by atoms with Gasteiger partial charge in [-0.2, -0.15) is 5.10 Å². The van der Waals surface area contributed by atoms with Crippen molar-refractivity contribution in [3.05, 3.63) is 71.9 Å². The van der Waals surface area contributed by atoms with Gasteiger partial charge in [0.2, 0.25) is 5.91 Å². The van der Waals surface area contributed by atoms with Crippen LogP contribution >= 0.6 is 0 Å². The first-order valence-corrected chi connectivity index (χ1v) is 12.9. The second kappa shape index (κ2) is 9.81. The summed E-state index contributed by atoms with van der Waals surface area (Å²) in [6.07, 6.45) is 2.88. The van der Waals surface area contributed by atoms with E-state index in [-0.39, 0.29) is 18.1 Å². The van der Waals surface area contributed by atoms with E-state index in [9.17, 15) is 14.4 Å². The largest absolute Gasteiger partial charge is 0.361 e. The third kappa shape index (κ3) is 4.75. The van der Waals surface area contributed by atoms with Gasteiger partial charge in [-0.25, -0.2) is 5.01 Å². The first-order chi connectivity index (χ1) is 18.1. The first kappa shape index (κ1) is 25.8. The molecule has 38 heavy (non-hydrogen) atoms. The number of hydrogen-bond donors (Lipinski definition) is 4. The highest BCUT2D eigenvalue weighted by molar-refractivity contribution is 6.14. The number of para-hydroxylation sites is 1. The minimum Gasteiger partial charge on any atom is -0.361 e. The third-order valence-corrected chi connectivity index (χ3v) is 7.62. The van der Waals surface area contributed by atoms with Crippen LogP contribution in [0.3, 0.4) is 0 Å². The summed E-state index contributed by atoms with van der Waals surface area (Å²) in [5.74, 6) is -0.706. The molecule has 5 rings (SSSR count). The zero-order valence-electron chi connectivity index (χ0n) is 22.0. The van der Waals surface area contributed by atoms with Crippen molar-refractivity contribution in [2.75, 3.05) is 13.6 Å². The van der Waals surface area contributed by atoms with Crippen LogP contribution in [-0.4, -0.2) is 64.5 Å². The number of hydrogen-bond acceptors (Lipinski definition) is 6. The molecule has 2 aliphatic heterocycles. The number of rotatable bonds is 8. The lowest BCUT2D eigenvalue weighted by molar-refractivity contribution is -0.137. The summed E-state index contributed by atoms with van der Waals surface area (Å²) in [4.78, 5) is 43.8. The third-order valence-electron chi connectivity index (χ3n) is 7.62. The summed E-state index contributed by atoms with van der Waals surface area (Å²) in [5, 5.41) is 13.1. The van der Waals surface area contributed by atoms with Gasteiger partial charge in [-0.1, -0.05) is 48.5 Å². The molecule has 3 atom stereocenters. The second-order valence-electron chi connectivity index (χ2n) is 11.0. The van der Waals surface area contributed by atoms with Gasteiger partial charge in [0.1, 0.15) is 0 Å². The lowest BCUT2D eigenvalue weighted by Crippen LogP contribution is -2.61. The Morgan fingerprint density at radius 3 is 2.63 bits per heavy atom. The maximum atomic E-state index is 14.1. The minimum atomic E-state index is -1.16. The molecule has 1 saturated heterocycles. The fraction of sp³-hybridized carbons (Fsp3) is 0.379. The van der Waals surface area contributed by atoms with Crippen molar-refractivity contribution < 1.29 is 14.4 Å². The molecule has 3 unspecified atom stereocenters. The Morgan fingerprint density at radius 1 is 1.18 bits per heavy atom. The molecule has 2 amide bonds. The smallest absolute Gasteiger partial charge is 0.254 e. The van der Waals surface area contributed by atoms with Crippen LogP contribution in [0.2, 0.25) is 0 Å². The van der Waals surface area contributed by atoms with E-state index in [0.717, 1.165) is 27.7 Å². The van der Waals surface area contributed by atoms with E-state index in [2.05, 4.69) is 20.7 Å². The molecule has 0 spiro atoms. The average molecular weight is 515 g/mol. The van der Waals surface area contributed by atoms with E-state index in [1.165, 1.54) is 5.01 Å². The molecule has 0 radical (unpaired) electrons. The van der Waals surface area contributed by atoms with E-state index < -0.39 is 28.9 Å². The Bertz CT molecular complexity index is 1410. The van der Waals surface area contributed by atoms with Gasteiger partial charge in [0.05, 0.1) is 28.7 Å². The number of nitrogens with zero attached hydrogens (tertiary/aromatic N) is 2. The molecular formula is C29H34N6O3. The standard InChI is InChI=1S/C29H34N6O3/c1-28(2,30)26(37)33-22(13-19-16-31-21-12-8-7-11-20(19)21)25(36)23-15-29(14-18-9-5-4-6-10-18)24(17-32-23)34-35(3)27(29)38/h4-12,16,22-23,31-32H,13-15,17,30H2,1-3H3,(H,33,37). The molecule has 0 bridgehead atoms. The van der Waals surface area contributed by atoms with Gasteiger partial charge in [-0.05, 0) is 43.9 Å². The average Bonchev–Trinajstić information content (AvgIpc) is 3.41. The van der Waals surface area contributed by atoms with Crippen LogP contribution in [0.5, 0.6) is 0 Å². The number of piperidine rings is 1. The SMILES string of the molecule is CN1N=C2CNC(C(=O)C(Cc3c[nH]c4ccccc34)NC(=O)C(C)(C)N)CC2(Cc2ccccc2)C1=O. The fourth-order valence-corrected chi connectivity index (χ4v) is 5.53. The first-order valence-electron chi connectivity index (χ1n) is 12.9. The molecule has 5 N–H and O–H groups in total. The lowest BCUT2D eigenvalue weighted by Gasteiger charge is -2.38. The molecule has 0 aliphatic carbocycles. The number of H-pyrrole nitrogens is 1. The van der Waals surface area contributed by atoms with Gasteiger partial charge >= 0.3 is 0 Å². The summed E-state index contributed by atoms with van der Waals surface area (Å²) >= 11 is 0. The van der Waals surface area contributed by atoms with Crippen LogP contribution in [0.15, 0.2) is 65.9 Å². The number of nitrogens with one attached hydrogen (secondary N) is 3. The van der Waals surface area contributed by atoms with Crippen LogP contribution in [-0.2, 0) is 27.2 Å². The van der Waals surface area contributed by atoms with Crippen LogP contribution in [0.1, 0.15) is 31.4 Å². The van der Waals surface area contributed by atoms with Crippen molar-refractivity contribution in [2.24, 2.45) is 16.3 Å². The van der Waals surface area contributed by atoms with Crippen molar-refractivity contribution >= 4 is 34.2 Å². The maximum Gasteiger partial charge on any atom is 0.254 e. The van der Waals surface area contributed by atoms with Gasteiger partial charge in [0.25, 0.3) is 5.91 Å². The van der Waals surface area contributed by atoms with Crippen molar-refractivity contribution in [3.63, 3.8) is 0 Å². The number of benzene rings is 2. The summed E-state index contributed by atoms with van der Waals surface area (Å²) in [5.41, 5.74) is 7.62. The molecular weight excluding hydrogens is 480 g/mol. The zero-order chi connectivity index (χ0) is 27.1. The molecule has 3 heterocycles. The Morgan fingerprint density at radius 2 is 1.89 bits per heavy atom. The van der Waals surface area contributed by atoms with Gasteiger partial charge in [0, 0.05) is 37.1 Å². The molecule has 3 aromatic rings. The number of aromatic amines is 1. The molecule has 9 heteroatoms. The number of amides is 2. The zero-order valence-corrected chi connectivity index (χ0v) is 22.0. The number of carbonyl (C=O) groups excluding carboxylic acids is 3.